The monoisotopic (exact) mass is 348 g/mol. The van der Waals surface area contributed by atoms with E-state index in [0.29, 0.717) is 16.6 Å². The van der Waals surface area contributed by atoms with Crippen molar-refractivity contribution >= 4 is 23.4 Å². The molecular weight excluding hydrogens is 328 g/mol. The van der Waals surface area contributed by atoms with E-state index in [1.165, 1.54) is 11.8 Å². The number of ether oxygens (including phenoxy) is 2. The van der Waals surface area contributed by atoms with Crippen molar-refractivity contribution < 1.29 is 14.3 Å². The number of nitrogens with one attached hydrogen (secondary N) is 2. The summed E-state index contributed by atoms with van der Waals surface area (Å²) in [6, 6.07) is 5.65. The minimum absolute atomic E-state index is 0.00256. The number of benzene rings is 1. The smallest absolute Gasteiger partial charge is 0.234 e. The van der Waals surface area contributed by atoms with Gasteiger partial charge in [0.05, 0.1) is 18.6 Å². The van der Waals surface area contributed by atoms with Gasteiger partial charge in [0.1, 0.15) is 11.9 Å². The number of carbonyl (C=O) groups excluding carboxylic acids is 1. The maximum Gasteiger partial charge on any atom is 0.234 e. The van der Waals surface area contributed by atoms with E-state index in [0.717, 1.165) is 30.8 Å². The van der Waals surface area contributed by atoms with Gasteiger partial charge in [-0.25, -0.2) is 4.98 Å². The lowest BCUT2D eigenvalue weighted by Gasteiger charge is -2.10. The summed E-state index contributed by atoms with van der Waals surface area (Å²) in [6.07, 6.45) is 1.99. The summed E-state index contributed by atoms with van der Waals surface area (Å²) in [4.78, 5) is 16.5. The predicted molar refractivity (Wildman–Crippen MR) is 91.4 cm³/mol. The summed E-state index contributed by atoms with van der Waals surface area (Å²) < 4.78 is 10.8. The van der Waals surface area contributed by atoms with Crippen molar-refractivity contribution in [1.29, 1.82) is 0 Å². The Morgan fingerprint density at radius 1 is 1.54 bits per heavy atom. The topological polar surface area (TPSA) is 89.1 Å². The molecule has 0 radical (unpaired) electrons. The summed E-state index contributed by atoms with van der Waals surface area (Å²) in [5, 5.41) is 10.4. The highest BCUT2D eigenvalue weighted by molar-refractivity contribution is 7.99. The molecule has 0 bridgehead atoms. The lowest BCUT2D eigenvalue weighted by atomic mass is 10.2. The third kappa shape index (κ3) is 4.07. The first-order valence-corrected chi connectivity index (χ1v) is 8.75. The van der Waals surface area contributed by atoms with Crippen LogP contribution < -0.4 is 10.1 Å². The van der Waals surface area contributed by atoms with Gasteiger partial charge >= 0.3 is 0 Å². The summed E-state index contributed by atoms with van der Waals surface area (Å²) in [5.41, 5.74) is 1.71. The Morgan fingerprint density at radius 2 is 2.42 bits per heavy atom. The Kier molecular flexibility index (Phi) is 5.37. The third-order valence-electron chi connectivity index (χ3n) is 3.68. The third-order valence-corrected chi connectivity index (χ3v) is 4.53. The van der Waals surface area contributed by atoms with E-state index in [-0.39, 0.29) is 17.8 Å². The number of H-pyrrole nitrogens is 1. The first-order chi connectivity index (χ1) is 11.7. The minimum atomic E-state index is -0.132. The van der Waals surface area contributed by atoms with Crippen LogP contribution >= 0.6 is 11.8 Å². The summed E-state index contributed by atoms with van der Waals surface area (Å²) >= 11 is 1.28. The van der Waals surface area contributed by atoms with Crippen molar-refractivity contribution in [2.24, 2.45) is 0 Å². The van der Waals surface area contributed by atoms with Gasteiger partial charge in [-0.15, -0.1) is 5.10 Å². The molecule has 1 saturated heterocycles. The number of carbonyl (C=O) groups is 1. The van der Waals surface area contributed by atoms with Gasteiger partial charge in [-0.3, -0.25) is 9.89 Å². The summed E-state index contributed by atoms with van der Waals surface area (Å²) in [7, 11) is 1.58. The second-order valence-corrected chi connectivity index (χ2v) is 6.49. The van der Waals surface area contributed by atoms with Crippen molar-refractivity contribution in [2.75, 3.05) is 24.8 Å². The van der Waals surface area contributed by atoms with E-state index in [4.69, 9.17) is 9.47 Å². The molecule has 7 nitrogen and oxygen atoms in total. The zero-order valence-corrected chi connectivity index (χ0v) is 14.5. The molecule has 0 spiro atoms. The molecule has 1 unspecified atom stereocenters. The van der Waals surface area contributed by atoms with Crippen molar-refractivity contribution in [3.63, 3.8) is 0 Å². The van der Waals surface area contributed by atoms with E-state index in [1.54, 1.807) is 7.11 Å². The normalized spacial score (nSPS) is 17.0. The van der Waals surface area contributed by atoms with E-state index in [9.17, 15) is 4.79 Å². The fraction of sp³-hybridized carbons (Fsp3) is 0.438. The van der Waals surface area contributed by atoms with Crippen LogP contribution in [0.4, 0.5) is 5.69 Å². The molecule has 3 rings (SSSR count). The van der Waals surface area contributed by atoms with Gasteiger partial charge in [0.25, 0.3) is 0 Å². The zero-order valence-electron chi connectivity index (χ0n) is 13.7. The van der Waals surface area contributed by atoms with Gasteiger partial charge in [-0.2, -0.15) is 0 Å². The Morgan fingerprint density at radius 3 is 3.17 bits per heavy atom. The fourth-order valence-corrected chi connectivity index (χ4v) is 3.10. The predicted octanol–water partition coefficient (Wildman–Crippen LogP) is 2.70. The number of anilines is 1. The van der Waals surface area contributed by atoms with Gasteiger partial charge < -0.3 is 14.8 Å². The second kappa shape index (κ2) is 7.67. The van der Waals surface area contributed by atoms with Crippen LogP contribution in [0.25, 0.3) is 0 Å². The first kappa shape index (κ1) is 16.8. The molecule has 0 saturated carbocycles. The van der Waals surface area contributed by atoms with Crippen LogP contribution in [-0.4, -0.2) is 40.6 Å². The standard InChI is InChI=1S/C16H20N4O3S/c1-10-5-6-12(22-2)11(8-10)17-14(21)9-24-16-18-15(19-20-16)13-4-3-7-23-13/h5-6,8,13H,3-4,7,9H2,1-2H3,(H,17,21)(H,18,19,20). The molecule has 1 aromatic heterocycles. The van der Waals surface area contributed by atoms with Gasteiger partial charge in [0.2, 0.25) is 11.1 Å². The van der Waals surface area contributed by atoms with Crippen molar-refractivity contribution in [3.8, 4) is 5.75 Å². The Hall–Kier alpha value is -2.06. The van der Waals surface area contributed by atoms with Gasteiger partial charge in [0.15, 0.2) is 5.82 Å². The van der Waals surface area contributed by atoms with Crippen LogP contribution in [0.15, 0.2) is 23.4 Å². The molecule has 24 heavy (non-hydrogen) atoms. The molecule has 1 fully saturated rings. The first-order valence-electron chi connectivity index (χ1n) is 7.77. The maximum absolute atomic E-state index is 12.2. The molecule has 2 heterocycles. The van der Waals surface area contributed by atoms with Crippen LogP contribution in [0.1, 0.15) is 30.3 Å². The van der Waals surface area contributed by atoms with Crippen molar-refractivity contribution in [1.82, 2.24) is 15.2 Å². The largest absolute Gasteiger partial charge is 0.495 e. The number of hydrogen-bond donors (Lipinski definition) is 2. The quantitative estimate of drug-likeness (QED) is 0.780. The number of aromatic nitrogens is 3. The number of rotatable bonds is 6. The van der Waals surface area contributed by atoms with Gasteiger partial charge in [0, 0.05) is 6.61 Å². The summed E-state index contributed by atoms with van der Waals surface area (Å²) in [5.74, 6) is 1.46. The molecule has 1 atom stereocenters. The Labute approximate surface area is 144 Å². The van der Waals surface area contributed by atoms with Gasteiger partial charge in [-0.1, -0.05) is 17.8 Å². The number of nitrogens with zero attached hydrogens (tertiary/aromatic N) is 2. The zero-order chi connectivity index (χ0) is 16.9. The number of aryl methyl sites for hydroxylation is 1. The highest BCUT2D eigenvalue weighted by Crippen LogP contribution is 2.28. The fourth-order valence-electron chi connectivity index (χ4n) is 2.50. The summed E-state index contributed by atoms with van der Waals surface area (Å²) in [6.45, 7) is 2.72. The number of hydrogen-bond acceptors (Lipinski definition) is 6. The minimum Gasteiger partial charge on any atom is -0.495 e. The molecule has 1 aliphatic rings. The molecule has 8 heteroatoms. The SMILES string of the molecule is COc1ccc(C)cc1NC(=O)CSc1n[nH]c(C2CCCO2)n1. The maximum atomic E-state index is 12.2. The van der Waals surface area contributed by atoms with Gasteiger partial charge in [-0.05, 0) is 37.5 Å². The average molecular weight is 348 g/mol. The number of aromatic amines is 1. The molecule has 2 aromatic rings. The van der Waals surface area contributed by atoms with E-state index in [2.05, 4.69) is 20.5 Å². The van der Waals surface area contributed by atoms with Crippen LogP contribution in [0.3, 0.4) is 0 Å². The molecule has 1 aliphatic heterocycles. The van der Waals surface area contributed by atoms with Crippen molar-refractivity contribution in [3.05, 3.63) is 29.6 Å². The number of methoxy groups -OCH3 is 1. The van der Waals surface area contributed by atoms with Crippen LogP contribution in [0.2, 0.25) is 0 Å². The Bertz CT molecular complexity index is 713. The van der Waals surface area contributed by atoms with E-state index >= 15 is 0 Å². The second-order valence-electron chi connectivity index (χ2n) is 5.55. The molecule has 1 aromatic carbocycles. The lowest BCUT2D eigenvalue weighted by molar-refractivity contribution is -0.113. The van der Waals surface area contributed by atoms with Crippen molar-refractivity contribution in [2.45, 2.75) is 31.0 Å². The average Bonchev–Trinajstić information content (AvgIpc) is 3.24. The van der Waals surface area contributed by atoms with E-state index < -0.39 is 0 Å². The van der Waals surface area contributed by atoms with Crippen LogP contribution in [0, 0.1) is 6.92 Å². The highest BCUT2D eigenvalue weighted by Gasteiger charge is 2.21. The lowest BCUT2D eigenvalue weighted by Crippen LogP contribution is -2.15. The molecule has 128 valence electrons. The van der Waals surface area contributed by atoms with E-state index in [1.807, 2.05) is 25.1 Å². The molecule has 1 amide bonds. The number of thioether (sulfide) groups is 1. The van der Waals surface area contributed by atoms with Crippen LogP contribution in [-0.2, 0) is 9.53 Å². The molecular formula is C16H20N4O3S. The number of amides is 1. The molecule has 0 aliphatic carbocycles. The Balaban J connectivity index is 1.55. The molecule has 2 N–H and O–H groups in total. The van der Waals surface area contributed by atoms with Crippen LogP contribution in [0.5, 0.6) is 5.75 Å². The highest BCUT2D eigenvalue weighted by atomic mass is 32.2.